The van der Waals surface area contributed by atoms with E-state index in [4.69, 9.17) is 11.6 Å². The van der Waals surface area contributed by atoms with Gasteiger partial charge in [0.25, 0.3) is 5.56 Å². The van der Waals surface area contributed by atoms with Crippen LogP contribution in [-0.4, -0.2) is 20.0 Å². The van der Waals surface area contributed by atoms with Gasteiger partial charge in [0.2, 0.25) is 5.91 Å². The Bertz CT molecular complexity index is 1380. The summed E-state index contributed by atoms with van der Waals surface area (Å²) < 4.78 is 2.43. The maximum atomic E-state index is 13.2. The third-order valence-electron chi connectivity index (χ3n) is 5.19. The summed E-state index contributed by atoms with van der Waals surface area (Å²) in [6.45, 7) is 0.184. The van der Waals surface area contributed by atoms with Crippen molar-refractivity contribution in [3.63, 3.8) is 0 Å². The van der Waals surface area contributed by atoms with Crippen LogP contribution in [-0.2, 0) is 30.8 Å². The summed E-state index contributed by atoms with van der Waals surface area (Å²) in [7, 11) is 0. The quantitative estimate of drug-likeness (QED) is 0.471. The van der Waals surface area contributed by atoms with E-state index in [0.717, 1.165) is 15.7 Å². The van der Waals surface area contributed by atoms with E-state index in [2.05, 4.69) is 10.3 Å². The molecular weight excluding hydrogens is 428 g/mol. The molecule has 32 heavy (non-hydrogen) atoms. The summed E-state index contributed by atoms with van der Waals surface area (Å²) in [5, 5.41) is 3.33. The number of halogens is 1. The molecule has 1 amide bonds. The van der Waals surface area contributed by atoms with Crippen molar-refractivity contribution in [2.45, 2.75) is 26.1 Å². The second-order valence-electron chi connectivity index (χ2n) is 7.30. The maximum Gasteiger partial charge on any atom is 0.332 e. The average molecular weight is 449 g/mol. The minimum atomic E-state index is -0.542. The first-order valence-corrected chi connectivity index (χ1v) is 10.5. The molecule has 0 aliphatic carbocycles. The summed E-state index contributed by atoms with van der Waals surface area (Å²) in [5.41, 5.74) is 1.25. The van der Waals surface area contributed by atoms with Crippen molar-refractivity contribution in [2.24, 2.45) is 0 Å². The number of carbonyl (C=O) groups excluding carboxylic acids is 1. The predicted molar refractivity (Wildman–Crippen MR) is 124 cm³/mol. The minimum absolute atomic E-state index is 0.152. The van der Waals surface area contributed by atoms with Crippen LogP contribution in [0.5, 0.6) is 0 Å². The highest BCUT2D eigenvalue weighted by molar-refractivity contribution is 6.31. The molecule has 162 valence electrons. The van der Waals surface area contributed by atoms with Crippen molar-refractivity contribution in [3.05, 3.63) is 110 Å². The fourth-order valence-corrected chi connectivity index (χ4v) is 3.72. The lowest BCUT2D eigenvalue weighted by Gasteiger charge is -2.14. The summed E-state index contributed by atoms with van der Waals surface area (Å²) in [4.78, 5) is 42.9. The summed E-state index contributed by atoms with van der Waals surface area (Å²) in [6, 6.07) is 20.0. The molecule has 1 N–H and O–H groups in total. The third-order valence-corrected chi connectivity index (χ3v) is 5.56. The Hall–Kier alpha value is -3.71. The molecule has 8 heteroatoms. The highest BCUT2D eigenvalue weighted by Crippen LogP contribution is 2.14. The number of carbonyl (C=O) groups is 1. The van der Waals surface area contributed by atoms with Gasteiger partial charge in [0.1, 0.15) is 6.54 Å². The molecule has 4 aromatic rings. The molecule has 2 aromatic heterocycles. The number of pyridine rings is 1. The van der Waals surface area contributed by atoms with Crippen molar-refractivity contribution < 1.29 is 4.79 Å². The van der Waals surface area contributed by atoms with Crippen LogP contribution in [0, 0.1) is 0 Å². The van der Waals surface area contributed by atoms with E-state index in [1.165, 1.54) is 10.8 Å². The number of aromatic nitrogens is 3. The van der Waals surface area contributed by atoms with Crippen LogP contribution in [0.4, 0.5) is 0 Å². The second kappa shape index (κ2) is 9.62. The number of fused-ring (bicyclic) bond motifs is 1. The van der Waals surface area contributed by atoms with E-state index in [1.54, 1.807) is 18.2 Å². The van der Waals surface area contributed by atoms with E-state index < -0.39 is 11.2 Å². The number of hydrogen-bond acceptors (Lipinski definition) is 4. The number of benzene rings is 2. The Morgan fingerprint density at radius 1 is 0.938 bits per heavy atom. The maximum absolute atomic E-state index is 13.2. The SMILES string of the molecule is O=C(Cn1c(=O)n(CCc2ccccc2)c(=O)c2ncccc21)NCc1ccccc1Cl. The molecule has 0 spiro atoms. The van der Waals surface area contributed by atoms with Gasteiger partial charge in [0.05, 0.1) is 5.52 Å². The van der Waals surface area contributed by atoms with Crippen LogP contribution in [0.15, 0.2) is 82.5 Å². The van der Waals surface area contributed by atoms with E-state index in [0.29, 0.717) is 17.0 Å². The lowest BCUT2D eigenvalue weighted by atomic mass is 10.1. The Morgan fingerprint density at radius 3 is 2.47 bits per heavy atom. The molecule has 0 aliphatic heterocycles. The van der Waals surface area contributed by atoms with E-state index in [9.17, 15) is 14.4 Å². The molecule has 0 unspecified atom stereocenters. The molecule has 0 saturated heterocycles. The molecule has 7 nitrogen and oxygen atoms in total. The van der Waals surface area contributed by atoms with Crippen LogP contribution in [0.1, 0.15) is 11.1 Å². The van der Waals surface area contributed by atoms with E-state index in [-0.39, 0.29) is 31.1 Å². The van der Waals surface area contributed by atoms with Gasteiger partial charge in [-0.05, 0) is 35.7 Å². The molecular formula is C24H21ClN4O3. The average Bonchev–Trinajstić information content (AvgIpc) is 2.82. The fraction of sp³-hybridized carbons (Fsp3) is 0.167. The van der Waals surface area contributed by atoms with Gasteiger partial charge >= 0.3 is 5.69 Å². The fourth-order valence-electron chi connectivity index (χ4n) is 3.51. The first-order valence-electron chi connectivity index (χ1n) is 10.2. The molecule has 0 radical (unpaired) electrons. The topological polar surface area (TPSA) is 86.0 Å². The highest BCUT2D eigenvalue weighted by atomic mass is 35.5. The number of hydrogen-bond donors (Lipinski definition) is 1. The van der Waals surface area contributed by atoms with Gasteiger partial charge < -0.3 is 5.32 Å². The van der Waals surface area contributed by atoms with Crippen LogP contribution in [0.2, 0.25) is 5.02 Å². The van der Waals surface area contributed by atoms with Crippen LogP contribution >= 0.6 is 11.6 Å². The van der Waals surface area contributed by atoms with Crippen molar-refractivity contribution >= 4 is 28.5 Å². The van der Waals surface area contributed by atoms with Crippen molar-refractivity contribution in [1.29, 1.82) is 0 Å². The number of nitrogens with one attached hydrogen (secondary N) is 1. The number of aryl methyl sites for hydroxylation is 1. The first-order chi connectivity index (χ1) is 15.5. The van der Waals surface area contributed by atoms with Crippen molar-refractivity contribution in [1.82, 2.24) is 19.4 Å². The van der Waals surface area contributed by atoms with Gasteiger partial charge in [-0.25, -0.2) is 9.78 Å². The predicted octanol–water partition coefficient (Wildman–Crippen LogP) is 2.77. The standard InChI is InChI=1S/C24H21ClN4O3/c25-19-10-5-4-9-18(19)15-27-21(30)16-29-20-11-6-13-26-22(20)23(31)28(24(29)32)14-12-17-7-2-1-3-8-17/h1-11,13H,12,14-16H2,(H,27,30). The van der Waals surface area contributed by atoms with E-state index >= 15 is 0 Å². The molecule has 0 saturated carbocycles. The van der Waals surface area contributed by atoms with Gasteiger partial charge in [-0.3, -0.25) is 18.7 Å². The van der Waals surface area contributed by atoms with Gasteiger partial charge in [-0.2, -0.15) is 0 Å². The summed E-state index contributed by atoms with van der Waals surface area (Å²) in [6.07, 6.45) is 2.00. The van der Waals surface area contributed by atoms with Gasteiger partial charge in [0, 0.05) is 24.3 Å². The molecule has 0 atom stereocenters. The first kappa shape index (κ1) is 21.5. The molecule has 0 fully saturated rings. The number of rotatable bonds is 7. The number of amides is 1. The minimum Gasteiger partial charge on any atom is -0.350 e. The van der Waals surface area contributed by atoms with Crippen LogP contribution in [0.3, 0.4) is 0 Å². The molecule has 4 rings (SSSR count). The number of nitrogens with zero attached hydrogens (tertiary/aromatic N) is 3. The molecule has 0 aliphatic rings. The molecule has 2 aromatic carbocycles. The van der Waals surface area contributed by atoms with E-state index in [1.807, 2.05) is 48.5 Å². The largest absolute Gasteiger partial charge is 0.350 e. The van der Waals surface area contributed by atoms with Crippen molar-refractivity contribution in [3.8, 4) is 0 Å². The zero-order chi connectivity index (χ0) is 22.5. The monoisotopic (exact) mass is 448 g/mol. The lowest BCUT2D eigenvalue weighted by Crippen LogP contribution is -2.43. The smallest absolute Gasteiger partial charge is 0.332 e. The van der Waals surface area contributed by atoms with Gasteiger partial charge in [-0.15, -0.1) is 0 Å². The van der Waals surface area contributed by atoms with Crippen LogP contribution in [0.25, 0.3) is 11.0 Å². The Labute approximate surface area is 188 Å². The summed E-state index contributed by atoms with van der Waals surface area (Å²) >= 11 is 6.14. The molecule has 2 heterocycles. The highest BCUT2D eigenvalue weighted by Gasteiger charge is 2.16. The Balaban J connectivity index is 1.62. The Kier molecular flexibility index (Phi) is 6.47. The van der Waals surface area contributed by atoms with Gasteiger partial charge in [-0.1, -0.05) is 60.1 Å². The zero-order valence-corrected chi connectivity index (χ0v) is 18.0. The second-order valence-corrected chi connectivity index (χ2v) is 7.71. The normalized spacial score (nSPS) is 10.9. The van der Waals surface area contributed by atoms with Crippen LogP contribution < -0.4 is 16.6 Å². The zero-order valence-electron chi connectivity index (χ0n) is 17.2. The van der Waals surface area contributed by atoms with Gasteiger partial charge in [0.15, 0.2) is 5.52 Å². The third kappa shape index (κ3) is 4.63. The Morgan fingerprint density at radius 2 is 1.69 bits per heavy atom. The lowest BCUT2D eigenvalue weighted by molar-refractivity contribution is -0.121. The molecule has 0 bridgehead atoms. The summed E-state index contributed by atoms with van der Waals surface area (Å²) in [5.74, 6) is -0.370. The van der Waals surface area contributed by atoms with Crippen molar-refractivity contribution in [2.75, 3.05) is 0 Å².